The molecule has 0 aliphatic carbocycles. The van der Waals surface area contributed by atoms with E-state index in [9.17, 15) is 18.2 Å². The lowest BCUT2D eigenvalue weighted by Gasteiger charge is -2.19. The number of nitrogens with two attached hydrogens (primary N) is 2. The fourth-order valence-electron chi connectivity index (χ4n) is 4.33. The molecule has 1 heterocycles. The van der Waals surface area contributed by atoms with Gasteiger partial charge in [-0.25, -0.2) is 9.18 Å². The Bertz CT molecular complexity index is 1610. The van der Waals surface area contributed by atoms with E-state index in [-0.39, 0.29) is 30.0 Å². The van der Waals surface area contributed by atoms with E-state index in [4.69, 9.17) is 16.2 Å². The van der Waals surface area contributed by atoms with Crippen LogP contribution in [-0.2, 0) is 30.3 Å². The molecule has 246 valence electrons. The third-order valence-electron chi connectivity index (χ3n) is 6.38. The van der Waals surface area contributed by atoms with Gasteiger partial charge in [0.15, 0.2) is 11.6 Å². The maximum Gasteiger partial charge on any atom is 0.331 e. The SMILES string of the molecule is CCC.CF.COc1cccc(-c2c(C)n(Cc3ccccc3S(C)=O)c(=O)n(CCc3ccccc3)c2=O)c1F.NCCN. The summed E-state index contributed by atoms with van der Waals surface area (Å²) >= 11 is 0. The molecule has 11 heteroatoms. The van der Waals surface area contributed by atoms with E-state index in [0.717, 1.165) is 10.1 Å². The summed E-state index contributed by atoms with van der Waals surface area (Å²) in [6.07, 6.45) is 3.28. The first-order valence-electron chi connectivity index (χ1n) is 14.6. The van der Waals surface area contributed by atoms with E-state index in [1.54, 1.807) is 43.5 Å². The van der Waals surface area contributed by atoms with Crippen molar-refractivity contribution < 1.29 is 17.7 Å². The molecule has 4 rings (SSSR count). The lowest BCUT2D eigenvalue weighted by Crippen LogP contribution is -2.42. The standard InChI is InChI=1S/C28H27FN2O4S.C3H8.C2H8N2.CH3F/c1-19-25(22-13-9-14-23(35-2)26(22)29)27(32)30(17-16-20-10-5-4-6-11-20)28(33)31(19)18-21-12-7-8-15-24(21)36(3)34;1-3-2;3-1-2-4;1-2/h4-15H,16-18H2,1-3H3;3H2,1-2H3;1-4H2;1H3. The molecule has 4 aromatic rings. The first-order valence-corrected chi connectivity index (χ1v) is 16.1. The Hall–Kier alpha value is -3.93. The van der Waals surface area contributed by atoms with Gasteiger partial charge in [-0.2, -0.15) is 0 Å². The quantitative estimate of drug-likeness (QED) is 0.263. The maximum absolute atomic E-state index is 15.3. The van der Waals surface area contributed by atoms with Gasteiger partial charge in [0.25, 0.3) is 5.56 Å². The van der Waals surface area contributed by atoms with Crippen molar-refractivity contribution in [3.8, 4) is 16.9 Å². The van der Waals surface area contributed by atoms with Crippen LogP contribution in [0.25, 0.3) is 11.1 Å². The van der Waals surface area contributed by atoms with Crippen LogP contribution in [0.15, 0.2) is 87.3 Å². The summed E-state index contributed by atoms with van der Waals surface area (Å²) < 4.78 is 44.9. The van der Waals surface area contributed by atoms with E-state index in [1.165, 1.54) is 30.2 Å². The third-order valence-corrected chi connectivity index (χ3v) is 7.40. The van der Waals surface area contributed by atoms with Crippen LogP contribution < -0.4 is 27.5 Å². The summed E-state index contributed by atoms with van der Waals surface area (Å²) in [7, 11) is 0.582. The minimum atomic E-state index is -1.28. The summed E-state index contributed by atoms with van der Waals surface area (Å²) in [4.78, 5) is 27.9. The van der Waals surface area contributed by atoms with Crippen LogP contribution >= 0.6 is 0 Å². The van der Waals surface area contributed by atoms with Crippen LogP contribution in [0.3, 0.4) is 0 Å². The highest BCUT2D eigenvalue weighted by Gasteiger charge is 2.22. The van der Waals surface area contributed by atoms with Gasteiger partial charge in [-0.1, -0.05) is 80.9 Å². The van der Waals surface area contributed by atoms with Crippen LogP contribution in [-0.4, -0.2) is 47.0 Å². The van der Waals surface area contributed by atoms with E-state index < -0.39 is 27.9 Å². The Labute approximate surface area is 267 Å². The number of rotatable bonds is 9. The van der Waals surface area contributed by atoms with E-state index in [1.807, 2.05) is 30.3 Å². The number of halogens is 2. The first kappa shape index (κ1) is 39.1. The van der Waals surface area contributed by atoms with Crippen molar-refractivity contribution in [2.24, 2.45) is 11.5 Å². The van der Waals surface area contributed by atoms with Gasteiger partial charge in [0.1, 0.15) is 0 Å². The number of ether oxygens (including phenoxy) is 1. The van der Waals surface area contributed by atoms with Crippen molar-refractivity contribution in [1.82, 2.24) is 9.13 Å². The predicted octanol–water partition coefficient (Wildman–Crippen LogP) is 5.07. The van der Waals surface area contributed by atoms with Crippen LogP contribution in [0.2, 0.25) is 0 Å². The van der Waals surface area contributed by atoms with Crippen molar-refractivity contribution in [2.45, 2.75) is 51.6 Å². The largest absolute Gasteiger partial charge is 0.494 e. The highest BCUT2D eigenvalue weighted by atomic mass is 32.2. The van der Waals surface area contributed by atoms with Crippen molar-refractivity contribution in [3.63, 3.8) is 0 Å². The fraction of sp³-hybridized carbons (Fsp3) is 0.353. The summed E-state index contributed by atoms with van der Waals surface area (Å²) in [5.41, 5.74) is 10.9. The van der Waals surface area contributed by atoms with Crippen molar-refractivity contribution in [1.29, 1.82) is 0 Å². The zero-order chi connectivity index (χ0) is 33.9. The molecule has 0 amide bonds. The molecule has 3 aromatic carbocycles. The van der Waals surface area contributed by atoms with Gasteiger partial charge in [0.2, 0.25) is 0 Å². The zero-order valence-electron chi connectivity index (χ0n) is 27.0. The molecular formula is C34H46F2N4O4S. The van der Waals surface area contributed by atoms with Gasteiger partial charge in [-0.3, -0.25) is 22.5 Å². The van der Waals surface area contributed by atoms with Gasteiger partial charge >= 0.3 is 5.69 Å². The normalized spacial score (nSPS) is 10.7. The highest BCUT2D eigenvalue weighted by Crippen LogP contribution is 2.29. The molecule has 0 aliphatic rings. The Morgan fingerprint density at radius 3 is 2.00 bits per heavy atom. The topological polar surface area (TPSA) is 122 Å². The average molecular weight is 645 g/mol. The molecule has 0 saturated heterocycles. The minimum absolute atomic E-state index is 0.00612. The predicted molar refractivity (Wildman–Crippen MR) is 181 cm³/mol. The third kappa shape index (κ3) is 10.9. The lowest BCUT2D eigenvalue weighted by molar-refractivity contribution is 0.387. The molecule has 1 atom stereocenters. The number of benzene rings is 3. The number of nitrogens with zero attached hydrogens (tertiary/aromatic N) is 2. The van der Waals surface area contributed by atoms with Crippen LogP contribution in [0.5, 0.6) is 5.75 Å². The molecule has 1 aromatic heterocycles. The Kier molecular flexibility index (Phi) is 18.2. The first-order chi connectivity index (χ1) is 21.7. The summed E-state index contributed by atoms with van der Waals surface area (Å²) in [5, 5.41) is 0. The van der Waals surface area contributed by atoms with Gasteiger partial charge in [-0.05, 0) is 36.6 Å². The van der Waals surface area contributed by atoms with Gasteiger partial charge < -0.3 is 16.2 Å². The lowest BCUT2D eigenvalue weighted by atomic mass is 10.0. The fourth-order valence-corrected chi connectivity index (χ4v) is 5.10. The van der Waals surface area contributed by atoms with Crippen molar-refractivity contribution in [2.75, 3.05) is 33.6 Å². The Morgan fingerprint density at radius 2 is 1.44 bits per heavy atom. The zero-order valence-corrected chi connectivity index (χ0v) is 27.8. The molecule has 0 aliphatic heterocycles. The summed E-state index contributed by atoms with van der Waals surface area (Å²) in [6.45, 7) is 7.29. The number of hydrogen-bond acceptors (Lipinski definition) is 6. The molecule has 45 heavy (non-hydrogen) atoms. The van der Waals surface area contributed by atoms with Gasteiger partial charge in [-0.15, -0.1) is 0 Å². The van der Waals surface area contributed by atoms with Crippen molar-refractivity contribution in [3.05, 3.63) is 116 Å². The number of aryl methyl sites for hydroxylation is 1. The van der Waals surface area contributed by atoms with Gasteiger partial charge in [0, 0.05) is 42.0 Å². The molecule has 0 radical (unpaired) electrons. The van der Waals surface area contributed by atoms with E-state index in [2.05, 4.69) is 13.8 Å². The Morgan fingerprint density at radius 1 is 0.867 bits per heavy atom. The molecule has 0 fully saturated rings. The minimum Gasteiger partial charge on any atom is -0.494 e. The monoisotopic (exact) mass is 644 g/mol. The molecule has 4 N–H and O–H groups in total. The second kappa shape index (κ2) is 20.9. The average Bonchev–Trinajstić information content (AvgIpc) is 3.06. The van der Waals surface area contributed by atoms with Crippen LogP contribution in [0, 0.1) is 12.7 Å². The van der Waals surface area contributed by atoms with Crippen LogP contribution in [0.4, 0.5) is 8.78 Å². The molecule has 1 unspecified atom stereocenters. The highest BCUT2D eigenvalue weighted by molar-refractivity contribution is 7.84. The van der Waals surface area contributed by atoms with E-state index in [0.29, 0.717) is 42.8 Å². The maximum atomic E-state index is 15.3. The molecule has 0 bridgehead atoms. The number of hydrogen-bond donors (Lipinski definition) is 2. The second-order valence-electron chi connectivity index (χ2n) is 9.69. The van der Waals surface area contributed by atoms with Crippen molar-refractivity contribution >= 4 is 10.8 Å². The van der Waals surface area contributed by atoms with Gasteiger partial charge in [0.05, 0.1) is 37.2 Å². The molecule has 0 saturated carbocycles. The Balaban J connectivity index is 0.00000101. The number of alkyl halides is 1. The number of aromatic nitrogens is 2. The summed E-state index contributed by atoms with van der Waals surface area (Å²) in [5.74, 6) is -0.665. The van der Waals surface area contributed by atoms with E-state index >= 15 is 4.39 Å². The smallest absolute Gasteiger partial charge is 0.331 e. The number of methoxy groups -OCH3 is 1. The molecular weight excluding hydrogens is 598 g/mol. The molecule has 0 spiro atoms. The second-order valence-corrected chi connectivity index (χ2v) is 11.0. The molecule has 8 nitrogen and oxygen atoms in total. The van der Waals surface area contributed by atoms with Crippen LogP contribution in [0.1, 0.15) is 37.1 Å². The summed E-state index contributed by atoms with van der Waals surface area (Å²) in [6, 6.07) is 21.3.